The van der Waals surface area contributed by atoms with Gasteiger partial charge in [-0.05, 0) is 33.4 Å². The van der Waals surface area contributed by atoms with Crippen LogP contribution in [0.5, 0.6) is 0 Å². The molecule has 0 bridgehead atoms. The highest BCUT2D eigenvalue weighted by Gasteiger charge is 2.24. The second kappa shape index (κ2) is 7.66. The third-order valence-corrected chi connectivity index (χ3v) is 3.51. The standard InChI is InChI=1S/C13H28N2O/c1-7-10-12(8-2)15(6)13(16)11(4)14(5)9-3/h11-12H,7-10H2,1-6H3. The van der Waals surface area contributed by atoms with Crippen LogP contribution in [-0.4, -0.2) is 48.4 Å². The van der Waals surface area contributed by atoms with Crippen LogP contribution in [0.2, 0.25) is 0 Å². The molecule has 0 spiro atoms. The summed E-state index contributed by atoms with van der Waals surface area (Å²) in [5.74, 6) is 0.240. The number of carbonyl (C=O) groups excluding carboxylic acids is 1. The molecule has 96 valence electrons. The molecule has 0 aliphatic heterocycles. The smallest absolute Gasteiger partial charge is 0.239 e. The fraction of sp³-hybridized carbons (Fsp3) is 0.923. The predicted octanol–water partition coefficient (Wildman–Crippen LogP) is 2.36. The first-order valence-corrected chi connectivity index (χ1v) is 6.46. The topological polar surface area (TPSA) is 23.6 Å². The molecule has 0 N–H and O–H groups in total. The molecule has 0 aromatic carbocycles. The summed E-state index contributed by atoms with van der Waals surface area (Å²) in [4.78, 5) is 16.2. The maximum absolute atomic E-state index is 12.2. The molecular formula is C13H28N2O. The molecule has 0 rings (SSSR count). The first-order valence-electron chi connectivity index (χ1n) is 6.46. The van der Waals surface area contributed by atoms with Crippen molar-refractivity contribution in [3.05, 3.63) is 0 Å². The lowest BCUT2D eigenvalue weighted by Crippen LogP contribution is -2.47. The van der Waals surface area contributed by atoms with E-state index in [1.807, 2.05) is 25.9 Å². The Hall–Kier alpha value is -0.570. The van der Waals surface area contributed by atoms with Gasteiger partial charge in [-0.25, -0.2) is 0 Å². The van der Waals surface area contributed by atoms with Gasteiger partial charge in [0, 0.05) is 13.1 Å². The zero-order valence-corrected chi connectivity index (χ0v) is 11.8. The molecule has 0 aliphatic rings. The van der Waals surface area contributed by atoms with Crippen molar-refractivity contribution in [2.75, 3.05) is 20.6 Å². The first-order chi connectivity index (χ1) is 7.49. The molecule has 0 aliphatic carbocycles. The SMILES string of the molecule is CCCC(CC)N(C)C(=O)C(C)N(C)CC. The Labute approximate surface area is 101 Å². The molecule has 3 nitrogen and oxygen atoms in total. The van der Waals surface area contributed by atoms with Gasteiger partial charge in [0.15, 0.2) is 0 Å². The van der Waals surface area contributed by atoms with Gasteiger partial charge in [0.2, 0.25) is 5.91 Å². The van der Waals surface area contributed by atoms with Crippen molar-refractivity contribution >= 4 is 5.91 Å². The third-order valence-electron chi connectivity index (χ3n) is 3.51. The predicted molar refractivity (Wildman–Crippen MR) is 69.5 cm³/mol. The fourth-order valence-corrected chi connectivity index (χ4v) is 1.94. The van der Waals surface area contributed by atoms with Crippen molar-refractivity contribution in [3.63, 3.8) is 0 Å². The first kappa shape index (κ1) is 15.4. The van der Waals surface area contributed by atoms with E-state index in [0.717, 1.165) is 25.8 Å². The summed E-state index contributed by atoms with van der Waals surface area (Å²) in [6.45, 7) is 9.29. The molecular weight excluding hydrogens is 200 g/mol. The zero-order valence-electron chi connectivity index (χ0n) is 11.8. The third kappa shape index (κ3) is 4.12. The number of hydrogen-bond acceptors (Lipinski definition) is 2. The Morgan fingerprint density at radius 1 is 1.19 bits per heavy atom. The Morgan fingerprint density at radius 3 is 2.12 bits per heavy atom. The summed E-state index contributed by atoms with van der Waals surface area (Å²) in [6.07, 6.45) is 3.27. The molecule has 0 saturated carbocycles. The molecule has 0 saturated heterocycles. The Balaban J connectivity index is 4.45. The molecule has 0 radical (unpaired) electrons. The zero-order chi connectivity index (χ0) is 12.7. The van der Waals surface area contributed by atoms with E-state index in [1.54, 1.807) is 0 Å². The van der Waals surface area contributed by atoms with Crippen LogP contribution in [-0.2, 0) is 4.79 Å². The number of amides is 1. The number of rotatable bonds is 7. The van der Waals surface area contributed by atoms with Gasteiger partial charge in [-0.1, -0.05) is 27.2 Å². The second-order valence-corrected chi connectivity index (χ2v) is 4.55. The van der Waals surface area contributed by atoms with Gasteiger partial charge in [0.1, 0.15) is 0 Å². The molecule has 1 amide bonds. The molecule has 3 heteroatoms. The van der Waals surface area contributed by atoms with Gasteiger partial charge in [0.25, 0.3) is 0 Å². The normalized spacial score (nSPS) is 14.9. The van der Waals surface area contributed by atoms with E-state index in [4.69, 9.17) is 0 Å². The van der Waals surface area contributed by atoms with Crippen LogP contribution in [0.1, 0.15) is 47.0 Å². The van der Waals surface area contributed by atoms with E-state index in [2.05, 4.69) is 25.7 Å². The van der Waals surface area contributed by atoms with Gasteiger partial charge in [0.05, 0.1) is 6.04 Å². The van der Waals surface area contributed by atoms with Crippen molar-refractivity contribution in [1.82, 2.24) is 9.80 Å². The highest BCUT2D eigenvalue weighted by Crippen LogP contribution is 2.11. The Morgan fingerprint density at radius 2 is 1.75 bits per heavy atom. The quantitative estimate of drug-likeness (QED) is 0.668. The number of carbonyl (C=O) groups is 1. The van der Waals surface area contributed by atoms with E-state index in [-0.39, 0.29) is 11.9 Å². The van der Waals surface area contributed by atoms with Crippen molar-refractivity contribution < 1.29 is 4.79 Å². The van der Waals surface area contributed by atoms with E-state index in [0.29, 0.717) is 6.04 Å². The molecule has 0 aromatic rings. The van der Waals surface area contributed by atoms with Gasteiger partial charge >= 0.3 is 0 Å². The van der Waals surface area contributed by atoms with Crippen LogP contribution in [0.4, 0.5) is 0 Å². The van der Waals surface area contributed by atoms with E-state index in [9.17, 15) is 4.79 Å². The minimum atomic E-state index is -0.0130. The number of nitrogens with zero attached hydrogens (tertiary/aromatic N) is 2. The minimum Gasteiger partial charge on any atom is -0.341 e. The van der Waals surface area contributed by atoms with Crippen LogP contribution in [0, 0.1) is 0 Å². The fourth-order valence-electron chi connectivity index (χ4n) is 1.94. The summed E-state index contributed by atoms with van der Waals surface area (Å²) >= 11 is 0. The van der Waals surface area contributed by atoms with Gasteiger partial charge in [-0.2, -0.15) is 0 Å². The summed E-state index contributed by atoms with van der Waals surface area (Å²) in [5.41, 5.74) is 0. The van der Waals surface area contributed by atoms with Gasteiger partial charge in [-0.3, -0.25) is 9.69 Å². The maximum atomic E-state index is 12.2. The van der Waals surface area contributed by atoms with Crippen molar-refractivity contribution in [3.8, 4) is 0 Å². The second-order valence-electron chi connectivity index (χ2n) is 4.55. The highest BCUT2D eigenvalue weighted by atomic mass is 16.2. The maximum Gasteiger partial charge on any atom is 0.239 e. The summed E-state index contributed by atoms with van der Waals surface area (Å²) in [7, 11) is 3.93. The lowest BCUT2D eigenvalue weighted by Gasteiger charge is -2.32. The van der Waals surface area contributed by atoms with E-state index >= 15 is 0 Å². The summed E-state index contributed by atoms with van der Waals surface area (Å²) in [5, 5.41) is 0. The average molecular weight is 228 g/mol. The number of hydrogen-bond donors (Lipinski definition) is 0. The molecule has 16 heavy (non-hydrogen) atoms. The summed E-state index contributed by atoms with van der Waals surface area (Å²) in [6, 6.07) is 0.381. The number of likely N-dealkylation sites (N-methyl/N-ethyl adjacent to an activating group) is 2. The Kier molecular flexibility index (Phi) is 7.39. The van der Waals surface area contributed by atoms with Crippen molar-refractivity contribution in [2.24, 2.45) is 0 Å². The molecule has 0 fully saturated rings. The molecule has 0 heterocycles. The molecule has 0 aromatic heterocycles. The van der Waals surface area contributed by atoms with Gasteiger partial charge in [-0.15, -0.1) is 0 Å². The molecule has 2 unspecified atom stereocenters. The average Bonchev–Trinajstić information content (AvgIpc) is 2.32. The van der Waals surface area contributed by atoms with Crippen LogP contribution in [0.25, 0.3) is 0 Å². The van der Waals surface area contributed by atoms with Crippen LogP contribution < -0.4 is 0 Å². The van der Waals surface area contributed by atoms with E-state index in [1.165, 1.54) is 0 Å². The lowest BCUT2D eigenvalue weighted by molar-refractivity contribution is -0.136. The minimum absolute atomic E-state index is 0.0130. The lowest BCUT2D eigenvalue weighted by atomic mass is 10.1. The monoisotopic (exact) mass is 228 g/mol. The Bertz CT molecular complexity index is 206. The largest absolute Gasteiger partial charge is 0.341 e. The van der Waals surface area contributed by atoms with E-state index < -0.39 is 0 Å². The van der Waals surface area contributed by atoms with Gasteiger partial charge < -0.3 is 4.90 Å². The van der Waals surface area contributed by atoms with Crippen LogP contribution >= 0.6 is 0 Å². The van der Waals surface area contributed by atoms with Crippen LogP contribution in [0.15, 0.2) is 0 Å². The van der Waals surface area contributed by atoms with Crippen molar-refractivity contribution in [1.29, 1.82) is 0 Å². The molecule has 2 atom stereocenters. The summed E-state index contributed by atoms with van der Waals surface area (Å²) < 4.78 is 0. The van der Waals surface area contributed by atoms with Crippen LogP contribution in [0.3, 0.4) is 0 Å². The van der Waals surface area contributed by atoms with Crippen molar-refractivity contribution in [2.45, 2.75) is 59.0 Å². The highest BCUT2D eigenvalue weighted by molar-refractivity contribution is 5.81.